The summed E-state index contributed by atoms with van der Waals surface area (Å²) in [5, 5.41) is 2.75. The van der Waals surface area contributed by atoms with Crippen LogP contribution >= 0.6 is 0 Å². The second-order valence-electron chi connectivity index (χ2n) is 5.26. The van der Waals surface area contributed by atoms with E-state index >= 15 is 0 Å². The molecule has 3 aromatic rings. The molecule has 0 radical (unpaired) electrons. The molecule has 0 unspecified atom stereocenters. The van der Waals surface area contributed by atoms with Crippen LogP contribution in [-0.4, -0.2) is 10.9 Å². The number of hydrogen-bond donors (Lipinski definition) is 1. The van der Waals surface area contributed by atoms with Gasteiger partial charge in [-0.15, -0.1) is 0 Å². The second-order valence-corrected chi connectivity index (χ2v) is 5.26. The first-order valence-corrected chi connectivity index (χ1v) is 7.31. The van der Waals surface area contributed by atoms with Gasteiger partial charge < -0.3 is 9.73 Å². The Labute approximate surface area is 137 Å². The van der Waals surface area contributed by atoms with E-state index in [4.69, 9.17) is 4.42 Å². The molecule has 0 bridgehead atoms. The van der Waals surface area contributed by atoms with Crippen molar-refractivity contribution in [2.75, 3.05) is 0 Å². The van der Waals surface area contributed by atoms with Gasteiger partial charge in [0.15, 0.2) is 5.76 Å². The van der Waals surface area contributed by atoms with Crippen LogP contribution in [0.3, 0.4) is 0 Å². The van der Waals surface area contributed by atoms with E-state index in [1.165, 1.54) is 12.3 Å². The molecule has 0 aliphatic rings. The van der Waals surface area contributed by atoms with Crippen LogP contribution in [0.2, 0.25) is 0 Å². The smallest absolute Gasteiger partial charge is 0.307 e. The number of carbonyl (C=O) groups is 1. The van der Waals surface area contributed by atoms with Gasteiger partial charge in [-0.25, -0.2) is 13.8 Å². The lowest BCUT2D eigenvalue weighted by Gasteiger charge is -2.12. The van der Waals surface area contributed by atoms with Crippen molar-refractivity contribution in [3.05, 3.63) is 77.8 Å². The molecule has 1 amide bonds. The quantitative estimate of drug-likeness (QED) is 0.784. The van der Waals surface area contributed by atoms with Gasteiger partial charge in [0, 0.05) is 6.07 Å². The molecule has 1 N–H and O–H groups in total. The summed E-state index contributed by atoms with van der Waals surface area (Å²) in [6.07, 6.45) is 1.23. The lowest BCUT2D eigenvalue weighted by molar-refractivity contribution is 0.0905. The number of hydrogen-bond acceptors (Lipinski definition) is 3. The standard InChI is InChI=1S/C18H14F2N2O2/c1-11(12-5-3-2-4-6-12)22-17(23)18-21-10-16(24-18)14-8-7-13(19)9-15(14)20/h2-11H,1H3,(H,22,23)/t11-/m0/s1. The number of nitrogens with one attached hydrogen (secondary N) is 1. The van der Waals surface area contributed by atoms with Crippen LogP contribution in [0, 0.1) is 11.6 Å². The van der Waals surface area contributed by atoms with E-state index in [1.54, 1.807) is 0 Å². The maximum absolute atomic E-state index is 13.7. The normalized spacial score (nSPS) is 12.0. The number of halogens is 2. The second kappa shape index (κ2) is 6.62. The Kier molecular flexibility index (Phi) is 4.37. The first-order valence-electron chi connectivity index (χ1n) is 7.31. The predicted octanol–water partition coefficient (Wildman–Crippen LogP) is 4.11. The van der Waals surface area contributed by atoms with E-state index in [-0.39, 0.29) is 23.3 Å². The van der Waals surface area contributed by atoms with Gasteiger partial charge in [0.25, 0.3) is 5.89 Å². The minimum atomic E-state index is -0.782. The SMILES string of the molecule is C[C@H](NC(=O)c1ncc(-c2ccc(F)cc2F)o1)c1ccccc1. The Morgan fingerprint density at radius 1 is 1.17 bits per heavy atom. The van der Waals surface area contributed by atoms with Crippen molar-refractivity contribution in [3.63, 3.8) is 0 Å². The zero-order valence-electron chi connectivity index (χ0n) is 12.8. The van der Waals surface area contributed by atoms with E-state index in [1.807, 2.05) is 37.3 Å². The van der Waals surface area contributed by atoms with Gasteiger partial charge in [0.2, 0.25) is 0 Å². The van der Waals surface area contributed by atoms with Crippen molar-refractivity contribution in [2.24, 2.45) is 0 Å². The Morgan fingerprint density at radius 3 is 2.62 bits per heavy atom. The Balaban J connectivity index is 1.76. The third-order valence-corrected chi connectivity index (χ3v) is 3.54. The molecule has 24 heavy (non-hydrogen) atoms. The Morgan fingerprint density at radius 2 is 1.92 bits per heavy atom. The molecule has 0 aliphatic carbocycles. The van der Waals surface area contributed by atoms with Crippen molar-refractivity contribution in [1.29, 1.82) is 0 Å². The van der Waals surface area contributed by atoms with Gasteiger partial charge in [0.1, 0.15) is 11.6 Å². The van der Waals surface area contributed by atoms with Crippen LogP contribution in [0.15, 0.2) is 59.1 Å². The van der Waals surface area contributed by atoms with Gasteiger partial charge in [-0.05, 0) is 24.6 Å². The summed E-state index contributed by atoms with van der Waals surface area (Å²) in [5.74, 6) is -2.11. The highest BCUT2D eigenvalue weighted by Gasteiger charge is 2.18. The molecule has 6 heteroatoms. The summed E-state index contributed by atoms with van der Waals surface area (Å²) >= 11 is 0. The van der Waals surface area contributed by atoms with Crippen molar-refractivity contribution in [2.45, 2.75) is 13.0 Å². The van der Waals surface area contributed by atoms with Gasteiger partial charge in [0.05, 0.1) is 17.8 Å². The Hall–Kier alpha value is -3.02. The van der Waals surface area contributed by atoms with E-state index < -0.39 is 17.5 Å². The molecule has 4 nitrogen and oxygen atoms in total. The average Bonchev–Trinajstić information content (AvgIpc) is 3.05. The molecule has 122 valence electrons. The number of nitrogens with zero attached hydrogens (tertiary/aromatic N) is 1. The lowest BCUT2D eigenvalue weighted by atomic mass is 10.1. The van der Waals surface area contributed by atoms with Crippen LogP contribution in [0.4, 0.5) is 8.78 Å². The van der Waals surface area contributed by atoms with Crippen LogP contribution < -0.4 is 5.32 Å². The van der Waals surface area contributed by atoms with E-state index in [0.29, 0.717) is 0 Å². The molecular weight excluding hydrogens is 314 g/mol. The highest BCUT2D eigenvalue weighted by molar-refractivity contribution is 5.90. The molecule has 1 atom stereocenters. The molecule has 0 saturated heterocycles. The number of benzene rings is 2. The fourth-order valence-electron chi connectivity index (χ4n) is 2.28. The molecule has 1 heterocycles. The van der Waals surface area contributed by atoms with Gasteiger partial charge in [-0.3, -0.25) is 4.79 Å². The molecule has 3 rings (SSSR count). The number of amides is 1. The molecule has 0 spiro atoms. The zero-order chi connectivity index (χ0) is 17.1. The first kappa shape index (κ1) is 15.9. The molecule has 0 fully saturated rings. The topological polar surface area (TPSA) is 55.1 Å². The zero-order valence-corrected chi connectivity index (χ0v) is 12.8. The average molecular weight is 328 g/mol. The fraction of sp³-hybridized carbons (Fsp3) is 0.111. The summed E-state index contributed by atoms with van der Waals surface area (Å²) in [6.45, 7) is 1.83. The maximum Gasteiger partial charge on any atom is 0.307 e. The maximum atomic E-state index is 13.7. The number of oxazole rings is 1. The summed E-state index contributed by atoms with van der Waals surface area (Å²) in [6, 6.07) is 12.3. The summed E-state index contributed by atoms with van der Waals surface area (Å²) < 4.78 is 32.0. The van der Waals surface area contributed by atoms with Crippen molar-refractivity contribution < 1.29 is 18.0 Å². The van der Waals surface area contributed by atoms with Crippen LogP contribution in [0.5, 0.6) is 0 Å². The van der Waals surface area contributed by atoms with Crippen molar-refractivity contribution >= 4 is 5.91 Å². The fourth-order valence-corrected chi connectivity index (χ4v) is 2.28. The summed E-state index contributed by atoms with van der Waals surface area (Å²) in [4.78, 5) is 16.1. The van der Waals surface area contributed by atoms with Gasteiger partial charge in [-0.2, -0.15) is 0 Å². The first-order chi connectivity index (χ1) is 11.5. The largest absolute Gasteiger partial charge is 0.432 e. The predicted molar refractivity (Wildman–Crippen MR) is 84.2 cm³/mol. The van der Waals surface area contributed by atoms with Gasteiger partial charge >= 0.3 is 5.91 Å². The molecule has 0 saturated carbocycles. The van der Waals surface area contributed by atoms with Crippen LogP contribution in [-0.2, 0) is 0 Å². The molecule has 1 aromatic heterocycles. The van der Waals surface area contributed by atoms with Crippen LogP contribution in [0.25, 0.3) is 11.3 Å². The monoisotopic (exact) mass is 328 g/mol. The number of aromatic nitrogens is 1. The summed E-state index contributed by atoms with van der Waals surface area (Å²) in [7, 11) is 0. The van der Waals surface area contributed by atoms with Crippen LogP contribution in [0.1, 0.15) is 29.2 Å². The van der Waals surface area contributed by atoms with E-state index in [2.05, 4.69) is 10.3 Å². The summed E-state index contributed by atoms with van der Waals surface area (Å²) in [5.41, 5.74) is 0.973. The minimum Gasteiger partial charge on any atom is -0.432 e. The highest BCUT2D eigenvalue weighted by atomic mass is 19.1. The van der Waals surface area contributed by atoms with Crippen molar-refractivity contribution in [3.8, 4) is 11.3 Å². The third-order valence-electron chi connectivity index (χ3n) is 3.54. The van der Waals surface area contributed by atoms with E-state index in [0.717, 1.165) is 17.7 Å². The Bertz CT molecular complexity index is 862. The molecule has 2 aromatic carbocycles. The van der Waals surface area contributed by atoms with E-state index in [9.17, 15) is 13.6 Å². The van der Waals surface area contributed by atoms with Crippen molar-refractivity contribution in [1.82, 2.24) is 10.3 Å². The molecular formula is C18H14F2N2O2. The number of rotatable bonds is 4. The number of carbonyl (C=O) groups excluding carboxylic acids is 1. The van der Waals surface area contributed by atoms with Gasteiger partial charge in [-0.1, -0.05) is 30.3 Å². The highest BCUT2D eigenvalue weighted by Crippen LogP contribution is 2.24. The third kappa shape index (κ3) is 3.32. The minimum absolute atomic E-state index is 0.0408. The molecule has 0 aliphatic heterocycles. The lowest BCUT2D eigenvalue weighted by Crippen LogP contribution is -2.26.